The predicted molar refractivity (Wildman–Crippen MR) is 88.5 cm³/mol. The Morgan fingerprint density at radius 1 is 1.43 bits per heavy atom. The molecule has 0 unspecified atom stereocenters. The van der Waals surface area contributed by atoms with Gasteiger partial charge in [0.15, 0.2) is 5.16 Å². The number of amides is 1. The van der Waals surface area contributed by atoms with E-state index < -0.39 is 0 Å². The van der Waals surface area contributed by atoms with Crippen LogP contribution in [0.15, 0.2) is 29.4 Å². The van der Waals surface area contributed by atoms with E-state index in [2.05, 4.69) is 15.5 Å². The molecular formula is C16H20N4O2S. The Hall–Kier alpha value is -2.02. The maximum atomic E-state index is 12.0. The monoisotopic (exact) mass is 332 g/mol. The number of carbonyl (C=O) groups is 1. The van der Waals surface area contributed by atoms with Crippen molar-refractivity contribution in [2.75, 3.05) is 12.9 Å². The molecule has 23 heavy (non-hydrogen) atoms. The van der Waals surface area contributed by atoms with Gasteiger partial charge in [0.05, 0.1) is 12.9 Å². The van der Waals surface area contributed by atoms with Crippen LogP contribution >= 0.6 is 11.8 Å². The van der Waals surface area contributed by atoms with Crippen molar-refractivity contribution in [2.24, 2.45) is 7.05 Å². The van der Waals surface area contributed by atoms with Gasteiger partial charge in [-0.25, -0.2) is 0 Å². The fourth-order valence-corrected chi connectivity index (χ4v) is 3.06. The minimum Gasteiger partial charge on any atom is -0.497 e. The third kappa shape index (κ3) is 4.04. The quantitative estimate of drug-likeness (QED) is 0.787. The highest BCUT2D eigenvalue weighted by Crippen LogP contribution is 2.39. The molecule has 1 fully saturated rings. The average Bonchev–Trinajstić information content (AvgIpc) is 3.35. The maximum Gasteiger partial charge on any atom is 0.230 e. The van der Waals surface area contributed by atoms with Gasteiger partial charge in [-0.2, -0.15) is 0 Å². The summed E-state index contributed by atoms with van der Waals surface area (Å²) in [7, 11) is 3.59. The largest absolute Gasteiger partial charge is 0.497 e. The summed E-state index contributed by atoms with van der Waals surface area (Å²) in [5.41, 5.74) is 1.01. The molecule has 1 amide bonds. The zero-order valence-electron chi connectivity index (χ0n) is 13.3. The van der Waals surface area contributed by atoms with E-state index in [1.54, 1.807) is 7.11 Å². The minimum atomic E-state index is -0.0196. The number of rotatable bonds is 7. The van der Waals surface area contributed by atoms with E-state index >= 15 is 0 Å². The third-order valence-corrected chi connectivity index (χ3v) is 4.79. The number of nitrogens with zero attached hydrogens (tertiary/aromatic N) is 3. The first-order chi connectivity index (χ1) is 11.2. The number of methoxy groups -OCH3 is 1. The first-order valence-electron chi connectivity index (χ1n) is 7.59. The number of ether oxygens (including phenoxy) is 1. The average molecular weight is 332 g/mol. The second-order valence-corrected chi connectivity index (χ2v) is 6.53. The summed E-state index contributed by atoms with van der Waals surface area (Å²) in [4.78, 5) is 12.0. The fraction of sp³-hybridized carbons (Fsp3) is 0.438. The zero-order chi connectivity index (χ0) is 16.2. The first-order valence-corrected chi connectivity index (χ1v) is 8.57. The third-order valence-electron chi connectivity index (χ3n) is 3.77. The number of nitrogens with one attached hydrogen (secondary N) is 1. The predicted octanol–water partition coefficient (Wildman–Crippen LogP) is 2.11. The van der Waals surface area contributed by atoms with Crippen molar-refractivity contribution in [2.45, 2.75) is 30.5 Å². The summed E-state index contributed by atoms with van der Waals surface area (Å²) in [6, 6.07) is 7.67. The number of hydrogen-bond donors (Lipinski definition) is 1. The molecule has 0 spiro atoms. The number of hydrogen-bond acceptors (Lipinski definition) is 5. The van der Waals surface area contributed by atoms with Gasteiger partial charge < -0.3 is 14.6 Å². The van der Waals surface area contributed by atoms with Crippen molar-refractivity contribution in [1.82, 2.24) is 20.1 Å². The fourth-order valence-electron chi connectivity index (χ4n) is 2.31. The van der Waals surface area contributed by atoms with Crippen molar-refractivity contribution < 1.29 is 9.53 Å². The van der Waals surface area contributed by atoms with Crippen LogP contribution in [0.3, 0.4) is 0 Å². The van der Waals surface area contributed by atoms with Gasteiger partial charge in [-0.05, 0) is 30.5 Å². The minimum absolute atomic E-state index is 0.0196. The highest BCUT2D eigenvalue weighted by molar-refractivity contribution is 7.99. The molecule has 0 atom stereocenters. The van der Waals surface area contributed by atoms with Crippen molar-refractivity contribution >= 4 is 17.7 Å². The van der Waals surface area contributed by atoms with Gasteiger partial charge in [0, 0.05) is 19.5 Å². The lowest BCUT2D eigenvalue weighted by Gasteiger charge is -2.07. The van der Waals surface area contributed by atoms with Crippen LogP contribution in [-0.4, -0.2) is 33.5 Å². The van der Waals surface area contributed by atoms with E-state index in [0.717, 1.165) is 22.3 Å². The van der Waals surface area contributed by atoms with E-state index in [9.17, 15) is 4.79 Å². The van der Waals surface area contributed by atoms with Crippen molar-refractivity contribution in [3.8, 4) is 5.75 Å². The van der Waals surface area contributed by atoms with Gasteiger partial charge >= 0.3 is 0 Å². The second-order valence-electron chi connectivity index (χ2n) is 5.59. The molecule has 1 saturated carbocycles. The Labute approximate surface area is 139 Å². The van der Waals surface area contributed by atoms with Crippen LogP contribution in [0, 0.1) is 0 Å². The van der Waals surface area contributed by atoms with Gasteiger partial charge in [-0.3, -0.25) is 4.79 Å². The molecule has 122 valence electrons. The molecule has 0 saturated heterocycles. The summed E-state index contributed by atoms with van der Waals surface area (Å²) in [6.45, 7) is 0.489. The van der Waals surface area contributed by atoms with Gasteiger partial charge in [0.25, 0.3) is 0 Å². The molecular weight excluding hydrogens is 312 g/mol. The van der Waals surface area contributed by atoms with Crippen LogP contribution < -0.4 is 10.1 Å². The molecule has 1 N–H and O–H groups in total. The standard InChI is InChI=1S/C16H20N4O2S/c1-20-15(12-6-7-12)18-19-16(20)23-10-14(21)17-9-11-4-3-5-13(8-11)22-2/h3-5,8,12H,6-7,9-10H2,1-2H3,(H,17,21). The molecule has 1 heterocycles. The molecule has 0 radical (unpaired) electrons. The Kier molecular flexibility index (Phi) is 4.85. The highest BCUT2D eigenvalue weighted by atomic mass is 32.2. The molecule has 1 aliphatic carbocycles. The van der Waals surface area contributed by atoms with Crippen molar-refractivity contribution in [1.29, 1.82) is 0 Å². The van der Waals surface area contributed by atoms with Gasteiger partial charge in [0.1, 0.15) is 11.6 Å². The Balaban J connectivity index is 1.47. The van der Waals surface area contributed by atoms with Crippen LogP contribution in [-0.2, 0) is 18.4 Å². The van der Waals surface area contributed by atoms with Crippen molar-refractivity contribution in [3.63, 3.8) is 0 Å². The molecule has 1 aromatic carbocycles. The normalized spacial score (nSPS) is 13.8. The second kappa shape index (κ2) is 7.04. The molecule has 1 aliphatic rings. The van der Waals surface area contributed by atoms with Crippen molar-refractivity contribution in [3.05, 3.63) is 35.7 Å². The molecule has 2 aromatic rings. The Morgan fingerprint density at radius 2 is 2.26 bits per heavy atom. The molecule has 0 bridgehead atoms. The number of aromatic nitrogens is 3. The maximum absolute atomic E-state index is 12.0. The van der Waals surface area contributed by atoms with E-state index in [1.807, 2.05) is 35.9 Å². The smallest absolute Gasteiger partial charge is 0.230 e. The Morgan fingerprint density at radius 3 is 3.00 bits per heavy atom. The molecule has 0 aliphatic heterocycles. The SMILES string of the molecule is COc1cccc(CNC(=O)CSc2nnc(C3CC3)n2C)c1. The molecule has 7 heteroatoms. The van der Waals surface area contributed by atoms with Gasteiger partial charge in [-0.15, -0.1) is 10.2 Å². The summed E-state index contributed by atoms with van der Waals surface area (Å²) in [5.74, 6) is 2.69. The molecule has 1 aromatic heterocycles. The number of carbonyl (C=O) groups excluding carboxylic acids is 1. The topological polar surface area (TPSA) is 69.0 Å². The van der Waals surface area contributed by atoms with Gasteiger partial charge in [-0.1, -0.05) is 23.9 Å². The number of benzene rings is 1. The lowest BCUT2D eigenvalue weighted by atomic mass is 10.2. The summed E-state index contributed by atoms with van der Waals surface area (Å²) in [6.07, 6.45) is 2.38. The lowest BCUT2D eigenvalue weighted by Crippen LogP contribution is -2.24. The van der Waals surface area contributed by atoms with E-state index in [4.69, 9.17) is 4.74 Å². The van der Waals surface area contributed by atoms with Gasteiger partial charge in [0.2, 0.25) is 5.91 Å². The first kappa shape index (κ1) is 15.9. The summed E-state index contributed by atoms with van der Waals surface area (Å²) >= 11 is 1.42. The van der Waals surface area contributed by atoms with Crippen LogP contribution in [0.25, 0.3) is 0 Å². The van der Waals surface area contributed by atoms with Crippen LogP contribution in [0.2, 0.25) is 0 Å². The van der Waals surface area contributed by atoms with Crippen LogP contribution in [0.4, 0.5) is 0 Å². The highest BCUT2D eigenvalue weighted by Gasteiger charge is 2.29. The number of thioether (sulfide) groups is 1. The Bertz CT molecular complexity index is 697. The van der Waals surface area contributed by atoms with Crippen LogP contribution in [0.5, 0.6) is 5.75 Å². The zero-order valence-corrected chi connectivity index (χ0v) is 14.1. The van der Waals surface area contributed by atoms with E-state index in [-0.39, 0.29) is 5.91 Å². The lowest BCUT2D eigenvalue weighted by molar-refractivity contribution is -0.118. The molecule has 3 rings (SSSR count). The van der Waals surface area contributed by atoms with E-state index in [1.165, 1.54) is 24.6 Å². The van der Waals surface area contributed by atoms with E-state index in [0.29, 0.717) is 18.2 Å². The summed E-state index contributed by atoms with van der Waals surface area (Å²) in [5, 5.41) is 12.1. The summed E-state index contributed by atoms with van der Waals surface area (Å²) < 4.78 is 7.17. The van der Waals surface area contributed by atoms with Crippen LogP contribution in [0.1, 0.15) is 30.1 Å². The molecule has 6 nitrogen and oxygen atoms in total.